The number of benzene rings is 1. The van der Waals surface area contributed by atoms with Crippen molar-refractivity contribution < 1.29 is 19.1 Å². The van der Waals surface area contributed by atoms with E-state index in [9.17, 15) is 9.59 Å². The van der Waals surface area contributed by atoms with Crippen molar-refractivity contribution in [3.63, 3.8) is 0 Å². The lowest BCUT2D eigenvalue weighted by atomic mass is 9.71. The van der Waals surface area contributed by atoms with E-state index in [0.29, 0.717) is 23.0 Å². The molecule has 2 fully saturated rings. The van der Waals surface area contributed by atoms with Crippen LogP contribution >= 0.6 is 0 Å². The highest BCUT2D eigenvalue weighted by Crippen LogP contribution is 2.41. The van der Waals surface area contributed by atoms with Crippen LogP contribution in [0, 0.1) is 22.7 Å². The van der Waals surface area contributed by atoms with Gasteiger partial charge in [0.25, 0.3) is 0 Å². The van der Waals surface area contributed by atoms with Crippen molar-refractivity contribution in [2.75, 3.05) is 0 Å². The second kappa shape index (κ2) is 8.72. The molecule has 4 nitrogen and oxygen atoms in total. The average Bonchev–Trinajstić information content (AvgIpc) is 2.58. The van der Waals surface area contributed by atoms with Gasteiger partial charge in [-0.15, -0.1) is 0 Å². The summed E-state index contributed by atoms with van der Waals surface area (Å²) in [6, 6.07) is 6.88. The van der Waals surface area contributed by atoms with E-state index < -0.39 is 11.9 Å². The molecule has 0 spiro atoms. The first kappa shape index (κ1) is 22.8. The van der Waals surface area contributed by atoms with Crippen LogP contribution in [0.25, 0.3) is 0 Å². The number of ether oxygens (including phenoxy) is 2. The van der Waals surface area contributed by atoms with Gasteiger partial charge in [-0.3, -0.25) is 0 Å². The van der Waals surface area contributed by atoms with E-state index in [1.807, 2.05) is 0 Å². The van der Waals surface area contributed by atoms with Crippen molar-refractivity contribution in [3.8, 4) is 0 Å². The van der Waals surface area contributed by atoms with Crippen LogP contribution in [0.4, 0.5) is 0 Å². The van der Waals surface area contributed by atoms with Gasteiger partial charge in [-0.05, 0) is 73.3 Å². The normalized spacial score (nSPS) is 30.3. The SMILES string of the molecule is C[C@@H]1C[C@@H](OC(=O)c2ccccc2C(=O)O[C@@H]2C[C@H](C)CC(C)(C)C2)CC(C)(C)C1. The fourth-order valence-electron chi connectivity index (χ4n) is 5.97. The zero-order valence-electron chi connectivity index (χ0n) is 19.5. The predicted octanol–water partition coefficient (Wildman–Crippen LogP) is 6.43. The second-order valence-corrected chi connectivity index (χ2v) is 11.4. The molecule has 0 N–H and O–H groups in total. The predicted molar refractivity (Wildman–Crippen MR) is 118 cm³/mol. The third-order valence-electron chi connectivity index (χ3n) is 6.61. The number of carbonyl (C=O) groups excluding carboxylic acids is 2. The molecule has 0 amide bonds. The zero-order valence-corrected chi connectivity index (χ0v) is 19.5. The standard InChI is InChI=1S/C26H38O4/c1-17-11-19(15-25(3,4)13-17)29-23(27)21-9-7-8-10-22(21)24(28)30-20-12-18(2)14-26(5,6)16-20/h7-10,17-20H,11-16H2,1-6H3/t17-,18+,19-,20-/m1/s1. The molecular formula is C26H38O4. The van der Waals surface area contributed by atoms with E-state index in [-0.39, 0.29) is 23.0 Å². The third-order valence-corrected chi connectivity index (χ3v) is 6.61. The smallest absolute Gasteiger partial charge is 0.339 e. The Labute approximate surface area is 181 Å². The van der Waals surface area contributed by atoms with Gasteiger partial charge in [-0.1, -0.05) is 53.7 Å². The monoisotopic (exact) mass is 414 g/mol. The molecule has 0 heterocycles. The molecule has 1 aromatic carbocycles. The summed E-state index contributed by atoms with van der Waals surface area (Å²) in [6.45, 7) is 13.3. The number of hydrogen-bond donors (Lipinski definition) is 0. The Morgan fingerprint density at radius 1 is 0.733 bits per heavy atom. The summed E-state index contributed by atoms with van der Waals surface area (Å²) in [7, 11) is 0. The van der Waals surface area contributed by atoms with Crippen molar-refractivity contribution in [2.24, 2.45) is 22.7 Å². The molecule has 1 aromatic rings. The van der Waals surface area contributed by atoms with Crippen molar-refractivity contribution in [1.29, 1.82) is 0 Å². The number of hydrogen-bond acceptors (Lipinski definition) is 4. The topological polar surface area (TPSA) is 52.6 Å². The molecule has 0 aromatic heterocycles. The Morgan fingerprint density at radius 3 is 1.43 bits per heavy atom. The Balaban J connectivity index is 1.70. The van der Waals surface area contributed by atoms with Crippen LogP contribution in [-0.2, 0) is 9.47 Å². The summed E-state index contributed by atoms with van der Waals surface area (Å²) in [5.41, 5.74) is 0.931. The molecule has 30 heavy (non-hydrogen) atoms. The van der Waals surface area contributed by atoms with Crippen LogP contribution in [0.3, 0.4) is 0 Å². The maximum Gasteiger partial charge on any atom is 0.339 e. The summed E-state index contributed by atoms with van der Waals surface area (Å²) < 4.78 is 11.7. The van der Waals surface area contributed by atoms with E-state index in [1.54, 1.807) is 24.3 Å². The van der Waals surface area contributed by atoms with Crippen LogP contribution in [0.5, 0.6) is 0 Å². The molecule has 0 radical (unpaired) electrons. The minimum atomic E-state index is -0.421. The summed E-state index contributed by atoms with van der Waals surface area (Å²) in [5, 5.41) is 0. The summed E-state index contributed by atoms with van der Waals surface area (Å²) in [6.07, 6.45) is 5.50. The van der Waals surface area contributed by atoms with Gasteiger partial charge in [0, 0.05) is 0 Å². The highest BCUT2D eigenvalue weighted by Gasteiger charge is 2.36. The van der Waals surface area contributed by atoms with Gasteiger partial charge in [0.1, 0.15) is 12.2 Å². The summed E-state index contributed by atoms with van der Waals surface area (Å²) >= 11 is 0. The lowest BCUT2D eigenvalue weighted by Gasteiger charge is -2.38. The summed E-state index contributed by atoms with van der Waals surface area (Å²) in [4.78, 5) is 25.9. The molecule has 2 aliphatic rings. The maximum absolute atomic E-state index is 13.0. The number of esters is 2. The lowest BCUT2D eigenvalue weighted by molar-refractivity contribution is -0.0112. The fourth-order valence-corrected chi connectivity index (χ4v) is 5.97. The van der Waals surface area contributed by atoms with E-state index in [4.69, 9.17) is 9.47 Å². The van der Waals surface area contributed by atoms with Crippen LogP contribution in [0.15, 0.2) is 24.3 Å². The Kier molecular flexibility index (Phi) is 6.64. The highest BCUT2D eigenvalue weighted by atomic mass is 16.6. The van der Waals surface area contributed by atoms with Crippen molar-refractivity contribution in [3.05, 3.63) is 35.4 Å². The minimum Gasteiger partial charge on any atom is -0.459 e. The molecule has 166 valence electrons. The van der Waals surface area contributed by atoms with E-state index in [2.05, 4.69) is 41.5 Å². The molecule has 2 saturated carbocycles. The third kappa shape index (κ3) is 5.86. The van der Waals surface area contributed by atoms with Crippen LogP contribution < -0.4 is 0 Å². The molecule has 4 heteroatoms. The Bertz CT molecular complexity index is 714. The van der Waals surface area contributed by atoms with Gasteiger partial charge < -0.3 is 9.47 Å². The van der Waals surface area contributed by atoms with Gasteiger partial charge in [-0.2, -0.15) is 0 Å². The first-order valence-corrected chi connectivity index (χ1v) is 11.5. The minimum absolute atomic E-state index is 0.111. The van der Waals surface area contributed by atoms with Crippen molar-refractivity contribution in [2.45, 2.75) is 92.3 Å². The number of carbonyl (C=O) groups is 2. The van der Waals surface area contributed by atoms with Crippen molar-refractivity contribution in [1.82, 2.24) is 0 Å². The van der Waals surface area contributed by atoms with E-state index in [0.717, 1.165) is 38.5 Å². The largest absolute Gasteiger partial charge is 0.459 e. The molecular weight excluding hydrogens is 376 g/mol. The quantitative estimate of drug-likeness (QED) is 0.533. The molecule has 2 aliphatic carbocycles. The van der Waals surface area contributed by atoms with E-state index >= 15 is 0 Å². The number of rotatable bonds is 4. The van der Waals surface area contributed by atoms with Crippen LogP contribution in [0.2, 0.25) is 0 Å². The first-order chi connectivity index (χ1) is 13.9. The van der Waals surface area contributed by atoms with Gasteiger partial charge in [0.05, 0.1) is 11.1 Å². The fraction of sp³-hybridized carbons (Fsp3) is 0.692. The second-order valence-electron chi connectivity index (χ2n) is 11.4. The highest BCUT2D eigenvalue weighted by molar-refractivity contribution is 6.03. The first-order valence-electron chi connectivity index (χ1n) is 11.5. The van der Waals surface area contributed by atoms with E-state index in [1.165, 1.54) is 0 Å². The maximum atomic E-state index is 13.0. The van der Waals surface area contributed by atoms with Gasteiger partial charge in [0.15, 0.2) is 0 Å². The van der Waals surface area contributed by atoms with Gasteiger partial charge >= 0.3 is 11.9 Å². The van der Waals surface area contributed by atoms with Gasteiger partial charge in [0.2, 0.25) is 0 Å². The lowest BCUT2D eigenvalue weighted by Crippen LogP contribution is -2.35. The Morgan fingerprint density at radius 2 is 1.10 bits per heavy atom. The molecule has 0 bridgehead atoms. The van der Waals surface area contributed by atoms with Crippen LogP contribution in [0.1, 0.15) is 101 Å². The molecule has 0 saturated heterocycles. The molecule has 0 unspecified atom stereocenters. The summed E-state index contributed by atoms with van der Waals surface area (Å²) in [5.74, 6) is 0.191. The van der Waals surface area contributed by atoms with Crippen molar-refractivity contribution >= 4 is 11.9 Å². The molecule has 4 atom stereocenters. The Hall–Kier alpha value is -1.84. The van der Waals surface area contributed by atoms with Crippen LogP contribution in [-0.4, -0.2) is 24.1 Å². The molecule has 3 rings (SSSR count). The zero-order chi connectivity index (χ0) is 22.1. The average molecular weight is 415 g/mol. The molecule has 0 aliphatic heterocycles. The van der Waals surface area contributed by atoms with Gasteiger partial charge in [-0.25, -0.2) is 9.59 Å².